The number of rotatable bonds is 3. The number of hydrogen-bond acceptors (Lipinski definition) is 2. The van der Waals surface area contributed by atoms with E-state index in [1.807, 2.05) is 43.1 Å². The molecule has 5 heteroatoms. The summed E-state index contributed by atoms with van der Waals surface area (Å²) in [6, 6.07) is 5.82. The zero-order valence-corrected chi connectivity index (χ0v) is 12.0. The van der Waals surface area contributed by atoms with Crippen LogP contribution >= 0.6 is 27.5 Å². The van der Waals surface area contributed by atoms with E-state index in [1.165, 1.54) is 0 Å². The molecule has 1 aromatic carbocycles. The molecule has 0 aliphatic heterocycles. The second-order valence-corrected chi connectivity index (χ2v) is 5.07. The highest BCUT2D eigenvalue weighted by Crippen LogP contribution is 2.29. The van der Waals surface area contributed by atoms with Crippen molar-refractivity contribution < 1.29 is 0 Å². The van der Waals surface area contributed by atoms with Gasteiger partial charge in [0.05, 0.1) is 6.04 Å². The number of benzene rings is 1. The summed E-state index contributed by atoms with van der Waals surface area (Å²) in [6.45, 7) is 0. The predicted molar refractivity (Wildman–Crippen MR) is 73.3 cm³/mol. The maximum Gasteiger partial charge on any atom is 0.130 e. The third kappa shape index (κ3) is 2.54. The lowest BCUT2D eigenvalue weighted by atomic mass is 10.1. The predicted octanol–water partition coefficient (Wildman–Crippen LogP) is 3.14. The first-order chi connectivity index (χ1) is 8.13. The largest absolute Gasteiger partial charge is 0.336 e. The molecule has 1 aromatic heterocycles. The fourth-order valence-electron chi connectivity index (χ4n) is 1.81. The first-order valence-electron chi connectivity index (χ1n) is 5.23. The van der Waals surface area contributed by atoms with Gasteiger partial charge in [-0.1, -0.05) is 33.6 Å². The van der Waals surface area contributed by atoms with Crippen LogP contribution in [-0.4, -0.2) is 16.6 Å². The van der Waals surface area contributed by atoms with Crippen molar-refractivity contribution in [2.45, 2.75) is 6.04 Å². The second kappa shape index (κ2) is 5.21. The summed E-state index contributed by atoms with van der Waals surface area (Å²) in [6.07, 6.45) is 3.73. The minimum absolute atomic E-state index is 0.0432. The molecule has 0 radical (unpaired) electrons. The highest BCUT2D eigenvalue weighted by Gasteiger charge is 2.18. The van der Waals surface area contributed by atoms with E-state index in [1.54, 1.807) is 6.20 Å². The monoisotopic (exact) mass is 313 g/mol. The van der Waals surface area contributed by atoms with Gasteiger partial charge in [-0.05, 0) is 24.7 Å². The summed E-state index contributed by atoms with van der Waals surface area (Å²) in [4.78, 5) is 4.37. The second-order valence-electron chi connectivity index (χ2n) is 3.78. The molecule has 2 rings (SSSR count). The van der Waals surface area contributed by atoms with Crippen molar-refractivity contribution in [1.29, 1.82) is 0 Å². The van der Waals surface area contributed by atoms with Crippen LogP contribution in [0.3, 0.4) is 0 Å². The third-order valence-corrected chi connectivity index (χ3v) is 3.60. The van der Waals surface area contributed by atoms with Gasteiger partial charge in [0.25, 0.3) is 0 Å². The zero-order chi connectivity index (χ0) is 12.4. The molecule has 0 amide bonds. The summed E-state index contributed by atoms with van der Waals surface area (Å²) in [5.41, 5.74) is 1.12. The van der Waals surface area contributed by atoms with Gasteiger partial charge in [-0.25, -0.2) is 4.98 Å². The molecule has 1 atom stereocenters. The first kappa shape index (κ1) is 12.6. The Kier molecular flexibility index (Phi) is 3.86. The topological polar surface area (TPSA) is 29.9 Å². The van der Waals surface area contributed by atoms with E-state index in [0.717, 1.165) is 20.9 Å². The molecule has 0 saturated heterocycles. The molecule has 2 aromatic rings. The number of nitrogens with zero attached hydrogens (tertiary/aromatic N) is 2. The highest BCUT2D eigenvalue weighted by atomic mass is 79.9. The van der Waals surface area contributed by atoms with Gasteiger partial charge in [0, 0.05) is 28.9 Å². The molecule has 0 saturated carbocycles. The van der Waals surface area contributed by atoms with Crippen LogP contribution in [0.5, 0.6) is 0 Å². The number of hydrogen-bond donors (Lipinski definition) is 1. The van der Waals surface area contributed by atoms with Crippen LogP contribution in [0.2, 0.25) is 5.02 Å². The average Bonchev–Trinajstić information content (AvgIpc) is 2.69. The Labute approximate surface area is 114 Å². The number of aromatic nitrogens is 2. The normalized spacial score (nSPS) is 12.7. The van der Waals surface area contributed by atoms with Crippen LogP contribution < -0.4 is 5.32 Å². The van der Waals surface area contributed by atoms with Crippen molar-refractivity contribution in [3.05, 3.63) is 51.5 Å². The van der Waals surface area contributed by atoms with Crippen molar-refractivity contribution in [3.8, 4) is 0 Å². The van der Waals surface area contributed by atoms with Gasteiger partial charge < -0.3 is 9.88 Å². The SMILES string of the molecule is CNC(c1ccc(Cl)cc1Br)c1nccn1C. The minimum Gasteiger partial charge on any atom is -0.336 e. The lowest BCUT2D eigenvalue weighted by Gasteiger charge is -2.18. The molecule has 3 nitrogen and oxygen atoms in total. The van der Waals surface area contributed by atoms with Crippen LogP contribution in [0.15, 0.2) is 35.1 Å². The summed E-state index contributed by atoms with van der Waals surface area (Å²) in [7, 11) is 3.90. The molecule has 0 bridgehead atoms. The fraction of sp³-hybridized carbons (Fsp3) is 0.250. The van der Waals surface area contributed by atoms with Gasteiger partial charge in [-0.15, -0.1) is 0 Å². The maximum atomic E-state index is 5.95. The molecular weight excluding hydrogens is 302 g/mol. The minimum atomic E-state index is 0.0432. The van der Waals surface area contributed by atoms with Gasteiger partial charge >= 0.3 is 0 Å². The Morgan fingerprint density at radius 2 is 2.24 bits per heavy atom. The Hall–Kier alpha value is -0.840. The summed E-state index contributed by atoms with van der Waals surface area (Å²) >= 11 is 9.49. The number of nitrogens with one attached hydrogen (secondary N) is 1. The van der Waals surface area contributed by atoms with Crippen LogP contribution in [0.4, 0.5) is 0 Å². The number of aryl methyl sites for hydroxylation is 1. The van der Waals surface area contributed by atoms with Crippen molar-refractivity contribution >= 4 is 27.5 Å². The van der Waals surface area contributed by atoms with E-state index in [4.69, 9.17) is 11.6 Å². The van der Waals surface area contributed by atoms with Gasteiger partial charge in [0.2, 0.25) is 0 Å². The van der Waals surface area contributed by atoms with E-state index in [0.29, 0.717) is 0 Å². The summed E-state index contributed by atoms with van der Waals surface area (Å²) in [5.74, 6) is 0.968. The van der Waals surface area contributed by atoms with E-state index < -0.39 is 0 Å². The standard InChI is InChI=1S/C12H13BrClN3/c1-15-11(12-16-5-6-17(12)2)9-4-3-8(14)7-10(9)13/h3-7,11,15H,1-2H3. The average molecular weight is 315 g/mol. The van der Waals surface area contributed by atoms with Crippen LogP contribution in [0.1, 0.15) is 17.4 Å². The molecule has 90 valence electrons. The molecule has 1 heterocycles. The Balaban J connectivity index is 2.46. The van der Waals surface area contributed by atoms with Crippen LogP contribution in [0.25, 0.3) is 0 Å². The Morgan fingerprint density at radius 1 is 1.47 bits per heavy atom. The molecule has 1 unspecified atom stereocenters. The molecule has 0 aliphatic carbocycles. The zero-order valence-electron chi connectivity index (χ0n) is 9.61. The van der Waals surface area contributed by atoms with Crippen molar-refractivity contribution in [3.63, 3.8) is 0 Å². The van der Waals surface area contributed by atoms with E-state index in [9.17, 15) is 0 Å². The molecule has 0 fully saturated rings. The molecule has 0 spiro atoms. The quantitative estimate of drug-likeness (QED) is 0.943. The Morgan fingerprint density at radius 3 is 2.76 bits per heavy atom. The van der Waals surface area contributed by atoms with Gasteiger partial charge in [0.15, 0.2) is 0 Å². The van der Waals surface area contributed by atoms with Crippen molar-refractivity contribution in [1.82, 2.24) is 14.9 Å². The van der Waals surface area contributed by atoms with Crippen LogP contribution in [0, 0.1) is 0 Å². The summed E-state index contributed by atoms with van der Waals surface area (Å²) < 4.78 is 2.98. The van der Waals surface area contributed by atoms with Gasteiger partial charge in [-0.2, -0.15) is 0 Å². The molecular formula is C12H13BrClN3. The highest BCUT2D eigenvalue weighted by molar-refractivity contribution is 9.10. The third-order valence-electron chi connectivity index (χ3n) is 2.68. The van der Waals surface area contributed by atoms with Gasteiger partial charge in [0.1, 0.15) is 5.82 Å². The maximum absolute atomic E-state index is 5.95. The van der Waals surface area contributed by atoms with E-state index in [-0.39, 0.29) is 6.04 Å². The number of imidazole rings is 1. The lowest BCUT2D eigenvalue weighted by Crippen LogP contribution is -2.21. The summed E-state index contributed by atoms with van der Waals surface area (Å²) in [5, 5.41) is 3.98. The molecule has 17 heavy (non-hydrogen) atoms. The number of halogens is 2. The smallest absolute Gasteiger partial charge is 0.130 e. The molecule has 1 N–H and O–H groups in total. The van der Waals surface area contributed by atoms with E-state index in [2.05, 4.69) is 26.2 Å². The Bertz CT molecular complexity index is 524. The van der Waals surface area contributed by atoms with Crippen molar-refractivity contribution in [2.75, 3.05) is 7.05 Å². The van der Waals surface area contributed by atoms with Crippen molar-refractivity contribution in [2.24, 2.45) is 7.05 Å². The van der Waals surface area contributed by atoms with Crippen LogP contribution in [-0.2, 0) is 7.05 Å². The van der Waals surface area contributed by atoms with Gasteiger partial charge in [-0.3, -0.25) is 0 Å². The fourth-order valence-corrected chi connectivity index (χ4v) is 2.73. The molecule has 0 aliphatic rings. The van der Waals surface area contributed by atoms with E-state index >= 15 is 0 Å². The lowest BCUT2D eigenvalue weighted by molar-refractivity contribution is 0.615. The first-order valence-corrected chi connectivity index (χ1v) is 6.40.